The van der Waals surface area contributed by atoms with Crippen LogP contribution in [0.5, 0.6) is 0 Å². The zero-order valence-electron chi connectivity index (χ0n) is 25.9. The molecule has 4 aromatic carbocycles. The van der Waals surface area contributed by atoms with Gasteiger partial charge in [-0.2, -0.15) is 0 Å². The molecule has 0 saturated heterocycles. The minimum atomic E-state index is -4.13. The Hall–Kier alpha value is -4.43. The smallest absolute Gasteiger partial charge is 0.264 e. The Balaban J connectivity index is 1.80. The molecule has 0 fully saturated rings. The van der Waals surface area contributed by atoms with E-state index in [1.807, 2.05) is 88.4 Å². The summed E-state index contributed by atoms with van der Waals surface area (Å²) in [5, 5.41) is 2.98. The molecule has 0 aromatic heterocycles. The molecule has 2 amide bonds. The van der Waals surface area contributed by atoms with Crippen molar-refractivity contribution in [1.82, 2.24) is 10.2 Å². The summed E-state index contributed by atoms with van der Waals surface area (Å²) in [6.07, 6.45) is 1.02. The molecule has 0 aliphatic carbocycles. The maximum atomic E-state index is 14.5. The number of nitrogens with one attached hydrogen (secondary N) is 1. The molecule has 0 radical (unpaired) electrons. The largest absolute Gasteiger partial charge is 0.354 e. The van der Waals surface area contributed by atoms with Gasteiger partial charge >= 0.3 is 0 Å². The Morgan fingerprint density at radius 1 is 0.795 bits per heavy atom. The van der Waals surface area contributed by atoms with E-state index in [1.54, 1.807) is 42.5 Å². The van der Waals surface area contributed by atoms with Gasteiger partial charge in [0.05, 0.1) is 10.6 Å². The lowest BCUT2D eigenvalue weighted by atomic mass is 10.0. The number of hydrogen-bond acceptors (Lipinski definition) is 4. The lowest BCUT2D eigenvalue weighted by Gasteiger charge is -2.34. The van der Waals surface area contributed by atoms with Crippen LogP contribution in [0.3, 0.4) is 0 Å². The highest BCUT2D eigenvalue weighted by Crippen LogP contribution is 2.26. The van der Waals surface area contributed by atoms with Crippen molar-refractivity contribution in [2.75, 3.05) is 17.4 Å². The van der Waals surface area contributed by atoms with E-state index in [2.05, 4.69) is 5.32 Å². The van der Waals surface area contributed by atoms with Crippen LogP contribution in [0.2, 0.25) is 0 Å². The van der Waals surface area contributed by atoms with Crippen molar-refractivity contribution in [2.45, 2.75) is 58.0 Å². The van der Waals surface area contributed by atoms with Crippen LogP contribution in [-0.2, 0) is 32.6 Å². The van der Waals surface area contributed by atoms with Crippen LogP contribution < -0.4 is 9.62 Å². The van der Waals surface area contributed by atoms with Gasteiger partial charge in [0, 0.05) is 19.5 Å². The molecule has 0 aliphatic rings. The van der Waals surface area contributed by atoms with Crippen LogP contribution in [0.4, 0.5) is 5.69 Å². The lowest BCUT2D eigenvalue weighted by molar-refractivity contribution is -0.140. The summed E-state index contributed by atoms with van der Waals surface area (Å²) in [5.74, 6) is -0.751. The van der Waals surface area contributed by atoms with Gasteiger partial charge in [-0.15, -0.1) is 0 Å². The molecule has 1 N–H and O–H groups in total. The van der Waals surface area contributed by atoms with Gasteiger partial charge in [0.2, 0.25) is 11.8 Å². The number of carbonyl (C=O) groups excluding carboxylic acids is 2. The molecule has 44 heavy (non-hydrogen) atoms. The van der Waals surface area contributed by atoms with Gasteiger partial charge in [-0.05, 0) is 73.7 Å². The van der Waals surface area contributed by atoms with E-state index >= 15 is 0 Å². The standard InChI is InChI=1S/C36H41N3O4S/c1-5-22-37-36(41)34(24-30-14-7-6-8-15-30)38(25-31-16-10-9-13-29(31)4)35(40)26-39(32-17-11-12-28(3)23-32)44(42,43)33-20-18-27(2)19-21-33/h6-21,23,34H,5,22,24-26H2,1-4H3,(H,37,41)/t34-/m1/s1. The van der Waals surface area contributed by atoms with Crippen molar-refractivity contribution >= 4 is 27.5 Å². The molecular formula is C36H41N3O4S. The van der Waals surface area contributed by atoms with Gasteiger partial charge in [-0.25, -0.2) is 8.42 Å². The van der Waals surface area contributed by atoms with Gasteiger partial charge in [0.1, 0.15) is 12.6 Å². The molecule has 1 atom stereocenters. The van der Waals surface area contributed by atoms with E-state index in [0.717, 1.165) is 38.5 Å². The molecule has 7 nitrogen and oxygen atoms in total. The molecule has 8 heteroatoms. The summed E-state index contributed by atoms with van der Waals surface area (Å²) in [6.45, 7) is 7.83. The maximum Gasteiger partial charge on any atom is 0.264 e. The maximum absolute atomic E-state index is 14.5. The second kappa shape index (κ2) is 14.8. The number of hydrogen-bond donors (Lipinski definition) is 1. The lowest BCUT2D eigenvalue weighted by Crippen LogP contribution is -2.53. The van der Waals surface area contributed by atoms with E-state index in [4.69, 9.17) is 0 Å². The Morgan fingerprint density at radius 3 is 2.14 bits per heavy atom. The number of carbonyl (C=O) groups is 2. The molecule has 0 bridgehead atoms. The fraction of sp³-hybridized carbons (Fsp3) is 0.278. The van der Waals surface area contributed by atoms with Crippen molar-refractivity contribution in [2.24, 2.45) is 0 Å². The fourth-order valence-corrected chi connectivity index (χ4v) is 6.45. The summed E-state index contributed by atoms with van der Waals surface area (Å²) in [5.41, 5.74) is 4.91. The van der Waals surface area contributed by atoms with Crippen molar-refractivity contribution < 1.29 is 18.0 Å². The van der Waals surface area contributed by atoms with Crippen molar-refractivity contribution in [3.63, 3.8) is 0 Å². The summed E-state index contributed by atoms with van der Waals surface area (Å²) in [4.78, 5) is 29.9. The van der Waals surface area contributed by atoms with Crippen LogP contribution in [0.15, 0.2) is 108 Å². The van der Waals surface area contributed by atoms with Crippen molar-refractivity contribution in [3.8, 4) is 0 Å². The van der Waals surface area contributed by atoms with Crippen LogP contribution in [-0.4, -0.2) is 44.3 Å². The van der Waals surface area contributed by atoms with E-state index in [-0.39, 0.29) is 23.8 Å². The van der Waals surface area contributed by atoms with Crippen LogP contribution >= 0.6 is 0 Å². The number of rotatable bonds is 13. The van der Waals surface area contributed by atoms with E-state index in [0.29, 0.717) is 12.2 Å². The first-order valence-corrected chi connectivity index (χ1v) is 16.4. The molecule has 0 spiro atoms. The average molecular weight is 612 g/mol. The first-order chi connectivity index (χ1) is 21.1. The second-order valence-electron chi connectivity index (χ2n) is 11.1. The number of sulfonamides is 1. The minimum Gasteiger partial charge on any atom is -0.354 e. The third kappa shape index (κ3) is 8.14. The molecule has 0 heterocycles. The summed E-state index contributed by atoms with van der Waals surface area (Å²) in [6, 6.07) is 30.1. The Morgan fingerprint density at radius 2 is 1.48 bits per heavy atom. The molecule has 4 rings (SSSR count). The van der Waals surface area contributed by atoms with Crippen LogP contribution in [0, 0.1) is 20.8 Å². The van der Waals surface area contributed by atoms with Gasteiger partial charge in [-0.1, -0.05) is 91.3 Å². The van der Waals surface area contributed by atoms with E-state index < -0.39 is 28.5 Å². The molecule has 4 aromatic rings. The minimum absolute atomic E-state index is 0.0874. The van der Waals surface area contributed by atoms with Gasteiger partial charge < -0.3 is 10.2 Å². The highest BCUT2D eigenvalue weighted by Gasteiger charge is 2.34. The predicted molar refractivity (Wildman–Crippen MR) is 176 cm³/mol. The monoisotopic (exact) mass is 611 g/mol. The normalized spacial score (nSPS) is 11.9. The van der Waals surface area contributed by atoms with Crippen molar-refractivity contribution in [3.05, 3.63) is 131 Å². The number of amides is 2. The van der Waals surface area contributed by atoms with Crippen molar-refractivity contribution in [1.29, 1.82) is 0 Å². The SMILES string of the molecule is CCCNC(=O)[C@@H](Cc1ccccc1)N(Cc1ccccc1C)C(=O)CN(c1cccc(C)c1)S(=O)(=O)c1ccc(C)cc1. The van der Waals surface area contributed by atoms with E-state index in [1.165, 1.54) is 4.90 Å². The number of nitrogens with zero attached hydrogens (tertiary/aromatic N) is 2. The van der Waals surface area contributed by atoms with Gasteiger partial charge in [0.25, 0.3) is 10.0 Å². The van der Waals surface area contributed by atoms with E-state index in [9.17, 15) is 18.0 Å². The molecule has 0 unspecified atom stereocenters. The predicted octanol–water partition coefficient (Wildman–Crippen LogP) is 5.97. The zero-order valence-corrected chi connectivity index (χ0v) is 26.7. The molecule has 0 saturated carbocycles. The molecular weight excluding hydrogens is 570 g/mol. The molecule has 0 aliphatic heterocycles. The Bertz CT molecular complexity index is 1670. The summed E-state index contributed by atoms with van der Waals surface area (Å²) < 4.78 is 29.4. The first-order valence-electron chi connectivity index (χ1n) is 14.9. The third-order valence-electron chi connectivity index (χ3n) is 7.60. The number of aryl methyl sites for hydroxylation is 3. The second-order valence-corrected chi connectivity index (χ2v) is 13.0. The number of benzene rings is 4. The van der Waals surface area contributed by atoms with Gasteiger partial charge in [0.15, 0.2) is 0 Å². The summed E-state index contributed by atoms with van der Waals surface area (Å²) >= 11 is 0. The first kappa shape index (κ1) is 32.5. The Labute approximate surface area is 261 Å². The summed E-state index contributed by atoms with van der Waals surface area (Å²) in [7, 11) is -4.13. The fourth-order valence-electron chi connectivity index (χ4n) is 5.04. The topological polar surface area (TPSA) is 86.8 Å². The van der Waals surface area contributed by atoms with Gasteiger partial charge in [-0.3, -0.25) is 13.9 Å². The molecule has 230 valence electrons. The highest BCUT2D eigenvalue weighted by molar-refractivity contribution is 7.92. The average Bonchev–Trinajstić information content (AvgIpc) is 3.01. The quantitative estimate of drug-likeness (QED) is 0.202. The zero-order chi connectivity index (χ0) is 31.7. The van der Waals surface area contributed by atoms with Crippen LogP contribution in [0.1, 0.15) is 41.2 Å². The van der Waals surface area contributed by atoms with Crippen LogP contribution in [0.25, 0.3) is 0 Å². The Kier molecular flexibility index (Phi) is 11.0. The number of anilines is 1. The highest BCUT2D eigenvalue weighted by atomic mass is 32.2. The third-order valence-corrected chi connectivity index (χ3v) is 9.39.